The highest BCUT2D eigenvalue weighted by Gasteiger charge is 2.01. The molecule has 5 nitrogen and oxygen atoms in total. The quantitative estimate of drug-likeness (QED) is 0.430. The zero-order valence-corrected chi connectivity index (χ0v) is 12.1. The number of ether oxygens (including phenoxy) is 1. The van der Waals surface area contributed by atoms with Crippen LogP contribution in [0.25, 0.3) is 0 Å². The molecule has 0 fully saturated rings. The van der Waals surface area contributed by atoms with Gasteiger partial charge in [-0.25, -0.2) is 0 Å². The fourth-order valence-corrected chi connectivity index (χ4v) is 1.48. The molecule has 0 aliphatic heterocycles. The molecule has 108 valence electrons. The Bertz CT molecular complexity index is 350. The molecule has 0 spiro atoms. The monoisotopic (exact) mass is 267 g/mol. The Morgan fingerprint density at radius 1 is 1.53 bits per heavy atom. The van der Waals surface area contributed by atoms with Crippen molar-refractivity contribution in [1.29, 1.82) is 0 Å². The van der Waals surface area contributed by atoms with E-state index in [1.165, 1.54) is 0 Å². The van der Waals surface area contributed by atoms with Crippen LogP contribution in [-0.4, -0.2) is 32.2 Å². The molecule has 0 aliphatic carbocycles. The minimum atomic E-state index is 0.432. The molecule has 1 unspecified atom stereocenters. The van der Waals surface area contributed by atoms with Gasteiger partial charge in [-0.2, -0.15) is 0 Å². The summed E-state index contributed by atoms with van der Waals surface area (Å²) < 4.78 is 10.7. The summed E-state index contributed by atoms with van der Waals surface area (Å²) in [5.41, 5.74) is 0. The molecule has 0 aromatic carbocycles. The summed E-state index contributed by atoms with van der Waals surface area (Å²) in [4.78, 5) is 4.17. The number of nitrogens with zero attached hydrogens (tertiary/aromatic N) is 1. The predicted octanol–water partition coefficient (Wildman–Crippen LogP) is 2.15. The van der Waals surface area contributed by atoms with E-state index in [-0.39, 0.29) is 0 Å². The summed E-state index contributed by atoms with van der Waals surface area (Å²) in [6.07, 6.45) is 3.67. The van der Waals surface area contributed by atoms with E-state index in [9.17, 15) is 0 Å². The van der Waals surface area contributed by atoms with Crippen molar-refractivity contribution in [2.24, 2.45) is 4.99 Å². The summed E-state index contributed by atoms with van der Waals surface area (Å²) in [7, 11) is 1.78. The van der Waals surface area contributed by atoms with Gasteiger partial charge in [0, 0.05) is 26.2 Å². The van der Waals surface area contributed by atoms with E-state index < -0.39 is 0 Å². The van der Waals surface area contributed by atoms with Gasteiger partial charge in [0.2, 0.25) is 0 Å². The van der Waals surface area contributed by atoms with Crippen LogP contribution in [0.15, 0.2) is 27.8 Å². The van der Waals surface area contributed by atoms with Crippen molar-refractivity contribution in [3.63, 3.8) is 0 Å². The molecule has 0 bridgehead atoms. The van der Waals surface area contributed by atoms with Crippen LogP contribution in [0, 0.1) is 0 Å². The van der Waals surface area contributed by atoms with Crippen molar-refractivity contribution in [2.45, 2.75) is 39.3 Å². The second kappa shape index (κ2) is 9.44. The van der Waals surface area contributed by atoms with Crippen LogP contribution in [0.5, 0.6) is 0 Å². The van der Waals surface area contributed by atoms with E-state index in [0.717, 1.165) is 31.1 Å². The Labute approximate surface area is 115 Å². The number of aliphatic imine (C=N–C) groups is 1. The average Bonchev–Trinajstić information content (AvgIpc) is 2.94. The van der Waals surface area contributed by atoms with Crippen LogP contribution in [0.1, 0.15) is 32.4 Å². The molecule has 1 aromatic rings. The first-order chi connectivity index (χ1) is 9.26. The fraction of sp³-hybridized carbons (Fsp3) is 0.643. The van der Waals surface area contributed by atoms with Crippen LogP contribution >= 0.6 is 0 Å². The molecule has 0 radical (unpaired) electrons. The SMILES string of the molecule is CCC(C)NC(=NC)NCCCOCc1ccco1. The van der Waals surface area contributed by atoms with Gasteiger partial charge in [0.05, 0.1) is 6.26 Å². The first-order valence-electron chi connectivity index (χ1n) is 6.83. The molecule has 1 aromatic heterocycles. The van der Waals surface area contributed by atoms with Gasteiger partial charge in [-0.3, -0.25) is 4.99 Å². The summed E-state index contributed by atoms with van der Waals surface area (Å²) in [5, 5.41) is 6.58. The standard InChI is InChI=1S/C14H25N3O2/c1-4-12(2)17-14(15-3)16-8-6-9-18-11-13-7-5-10-19-13/h5,7,10,12H,4,6,8-9,11H2,1-3H3,(H2,15,16,17). The zero-order valence-electron chi connectivity index (χ0n) is 12.1. The first-order valence-corrected chi connectivity index (χ1v) is 6.83. The highest BCUT2D eigenvalue weighted by Crippen LogP contribution is 2.01. The highest BCUT2D eigenvalue weighted by atomic mass is 16.5. The minimum absolute atomic E-state index is 0.432. The molecule has 1 heterocycles. The lowest BCUT2D eigenvalue weighted by molar-refractivity contribution is 0.105. The topological polar surface area (TPSA) is 58.8 Å². The van der Waals surface area contributed by atoms with Gasteiger partial charge in [0.1, 0.15) is 12.4 Å². The van der Waals surface area contributed by atoms with E-state index in [2.05, 4.69) is 29.5 Å². The minimum Gasteiger partial charge on any atom is -0.467 e. The fourth-order valence-electron chi connectivity index (χ4n) is 1.48. The number of hydrogen-bond acceptors (Lipinski definition) is 3. The van der Waals surface area contributed by atoms with E-state index >= 15 is 0 Å². The molecular formula is C14H25N3O2. The van der Waals surface area contributed by atoms with Crippen molar-refractivity contribution in [2.75, 3.05) is 20.2 Å². The van der Waals surface area contributed by atoms with Crippen molar-refractivity contribution in [3.05, 3.63) is 24.2 Å². The van der Waals surface area contributed by atoms with E-state index in [0.29, 0.717) is 19.3 Å². The number of furan rings is 1. The van der Waals surface area contributed by atoms with Gasteiger partial charge in [-0.15, -0.1) is 0 Å². The number of hydrogen-bond donors (Lipinski definition) is 2. The maximum Gasteiger partial charge on any atom is 0.191 e. The smallest absolute Gasteiger partial charge is 0.191 e. The van der Waals surface area contributed by atoms with Crippen LogP contribution in [-0.2, 0) is 11.3 Å². The van der Waals surface area contributed by atoms with Crippen LogP contribution < -0.4 is 10.6 Å². The molecule has 1 rings (SSSR count). The molecule has 5 heteroatoms. The molecule has 0 aliphatic rings. The third kappa shape index (κ3) is 6.86. The molecule has 0 saturated carbocycles. The average molecular weight is 267 g/mol. The Morgan fingerprint density at radius 2 is 2.37 bits per heavy atom. The zero-order chi connectivity index (χ0) is 13.9. The summed E-state index contributed by atoms with van der Waals surface area (Å²) >= 11 is 0. The maximum atomic E-state index is 5.50. The second-order valence-corrected chi connectivity index (χ2v) is 4.44. The van der Waals surface area contributed by atoms with Gasteiger partial charge in [0.25, 0.3) is 0 Å². The van der Waals surface area contributed by atoms with Crippen LogP contribution in [0.3, 0.4) is 0 Å². The number of rotatable bonds is 8. The molecule has 1 atom stereocenters. The predicted molar refractivity (Wildman–Crippen MR) is 77.2 cm³/mol. The number of guanidine groups is 1. The normalized spacial score (nSPS) is 13.3. The molecule has 0 saturated heterocycles. The van der Waals surface area contributed by atoms with E-state index in [4.69, 9.17) is 9.15 Å². The molecule has 19 heavy (non-hydrogen) atoms. The van der Waals surface area contributed by atoms with Gasteiger partial charge in [0.15, 0.2) is 5.96 Å². The van der Waals surface area contributed by atoms with Crippen molar-refractivity contribution in [1.82, 2.24) is 10.6 Å². The van der Waals surface area contributed by atoms with E-state index in [1.54, 1.807) is 13.3 Å². The summed E-state index contributed by atoms with van der Waals surface area (Å²) in [6.45, 7) is 6.36. The van der Waals surface area contributed by atoms with Gasteiger partial charge in [-0.05, 0) is 31.9 Å². The lowest BCUT2D eigenvalue weighted by Crippen LogP contribution is -2.42. The summed E-state index contributed by atoms with van der Waals surface area (Å²) in [5.74, 6) is 1.71. The van der Waals surface area contributed by atoms with E-state index in [1.807, 2.05) is 12.1 Å². The second-order valence-electron chi connectivity index (χ2n) is 4.44. The van der Waals surface area contributed by atoms with Crippen LogP contribution in [0.2, 0.25) is 0 Å². The van der Waals surface area contributed by atoms with Gasteiger partial charge >= 0.3 is 0 Å². The molecule has 2 N–H and O–H groups in total. The highest BCUT2D eigenvalue weighted by molar-refractivity contribution is 5.79. The van der Waals surface area contributed by atoms with Crippen molar-refractivity contribution >= 4 is 5.96 Å². The Balaban J connectivity index is 2.03. The molecular weight excluding hydrogens is 242 g/mol. The first kappa shape index (κ1) is 15.6. The van der Waals surface area contributed by atoms with Crippen molar-refractivity contribution < 1.29 is 9.15 Å². The Morgan fingerprint density at radius 3 is 3.00 bits per heavy atom. The maximum absolute atomic E-state index is 5.50. The lowest BCUT2D eigenvalue weighted by Gasteiger charge is -2.16. The Hall–Kier alpha value is -1.49. The molecule has 0 amide bonds. The summed E-state index contributed by atoms with van der Waals surface area (Å²) in [6, 6.07) is 4.21. The van der Waals surface area contributed by atoms with Crippen LogP contribution in [0.4, 0.5) is 0 Å². The third-order valence-corrected chi connectivity index (χ3v) is 2.80. The largest absolute Gasteiger partial charge is 0.467 e. The Kier molecular flexibility index (Phi) is 7.74. The van der Waals surface area contributed by atoms with Gasteiger partial charge in [-0.1, -0.05) is 6.92 Å². The number of nitrogens with one attached hydrogen (secondary N) is 2. The third-order valence-electron chi connectivity index (χ3n) is 2.80. The van der Waals surface area contributed by atoms with Crippen molar-refractivity contribution in [3.8, 4) is 0 Å². The van der Waals surface area contributed by atoms with Gasteiger partial charge < -0.3 is 19.8 Å². The lowest BCUT2D eigenvalue weighted by atomic mass is 10.3.